The Morgan fingerprint density at radius 2 is 2.18 bits per heavy atom. The van der Waals surface area contributed by atoms with Crippen molar-refractivity contribution < 1.29 is 4.74 Å². The number of halogens is 1. The highest BCUT2D eigenvalue weighted by Crippen LogP contribution is 2.45. The zero-order valence-corrected chi connectivity index (χ0v) is 13.9. The number of benzene rings is 1. The number of thiazole rings is 2. The number of nitrogen functional groups attached to an aromatic ring is 1. The summed E-state index contributed by atoms with van der Waals surface area (Å²) in [5.41, 5.74) is 8.58. The molecule has 2 heterocycles. The van der Waals surface area contributed by atoms with Crippen molar-refractivity contribution in [2.75, 3.05) is 18.2 Å². The maximum atomic E-state index is 6.05. The van der Waals surface area contributed by atoms with Gasteiger partial charge in [0.1, 0.15) is 5.75 Å². The summed E-state index contributed by atoms with van der Waals surface area (Å²) in [6.07, 6.45) is 0.796. The van der Waals surface area contributed by atoms with Crippen molar-refractivity contribution in [1.29, 1.82) is 0 Å². The number of fused-ring (bicyclic) bond motifs is 3. The molecule has 4 rings (SSSR count). The number of nitrogens with zero attached hydrogens (tertiary/aromatic N) is 2. The van der Waals surface area contributed by atoms with Crippen LogP contribution in [0.2, 0.25) is 5.02 Å². The first kappa shape index (κ1) is 13.8. The molecule has 1 aliphatic carbocycles. The number of aromatic nitrogens is 2. The van der Waals surface area contributed by atoms with Crippen molar-refractivity contribution in [3.63, 3.8) is 0 Å². The summed E-state index contributed by atoms with van der Waals surface area (Å²) in [7, 11) is 1.63. The van der Waals surface area contributed by atoms with Gasteiger partial charge >= 0.3 is 0 Å². The Morgan fingerprint density at radius 1 is 1.32 bits per heavy atom. The first-order valence-electron chi connectivity index (χ1n) is 6.50. The van der Waals surface area contributed by atoms with Crippen LogP contribution in [0.5, 0.6) is 5.75 Å². The Hall–Kier alpha value is -1.83. The lowest BCUT2D eigenvalue weighted by Gasteiger charge is -2.09. The van der Waals surface area contributed by atoms with Crippen LogP contribution < -0.4 is 15.8 Å². The summed E-state index contributed by atoms with van der Waals surface area (Å²) < 4.78 is 5.34. The normalized spacial score (nSPS) is 12.1. The highest BCUT2D eigenvalue weighted by Gasteiger charge is 2.27. The molecule has 0 fully saturated rings. The van der Waals surface area contributed by atoms with Gasteiger partial charge < -0.3 is 15.8 Å². The van der Waals surface area contributed by atoms with Gasteiger partial charge in [-0.25, -0.2) is 9.97 Å². The molecular weight excluding hydrogens is 340 g/mol. The molecule has 0 spiro atoms. The highest BCUT2D eigenvalue weighted by atomic mass is 35.5. The van der Waals surface area contributed by atoms with Crippen molar-refractivity contribution in [3.8, 4) is 16.3 Å². The molecule has 3 aromatic rings. The van der Waals surface area contributed by atoms with E-state index in [4.69, 9.17) is 22.1 Å². The zero-order valence-electron chi connectivity index (χ0n) is 11.5. The maximum absolute atomic E-state index is 6.05. The molecule has 0 saturated heterocycles. The van der Waals surface area contributed by atoms with Gasteiger partial charge in [-0.05, 0) is 18.2 Å². The topological polar surface area (TPSA) is 73.1 Å². The predicted octanol–water partition coefficient (Wildman–Crippen LogP) is 4.16. The van der Waals surface area contributed by atoms with E-state index in [-0.39, 0.29) is 0 Å². The van der Waals surface area contributed by atoms with E-state index in [1.807, 2.05) is 12.1 Å². The van der Waals surface area contributed by atoms with E-state index >= 15 is 0 Å². The molecule has 0 amide bonds. The fraction of sp³-hybridized carbons (Fsp3) is 0.143. The summed E-state index contributed by atoms with van der Waals surface area (Å²) >= 11 is 9.15. The number of anilines is 3. The van der Waals surface area contributed by atoms with Gasteiger partial charge in [-0.2, -0.15) is 0 Å². The molecule has 0 unspecified atom stereocenters. The lowest BCUT2D eigenvalue weighted by atomic mass is 10.3. The molecule has 3 N–H and O–H groups in total. The van der Waals surface area contributed by atoms with Crippen LogP contribution in [0.25, 0.3) is 10.6 Å². The van der Waals surface area contributed by atoms with Crippen molar-refractivity contribution in [2.24, 2.45) is 0 Å². The van der Waals surface area contributed by atoms with Gasteiger partial charge in [-0.3, -0.25) is 0 Å². The molecule has 2 aromatic heterocycles. The Morgan fingerprint density at radius 3 is 3.00 bits per heavy atom. The minimum Gasteiger partial charge on any atom is -0.495 e. The molecule has 1 aromatic carbocycles. The third kappa shape index (κ3) is 2.22. The lowest BCUT2D eigenvalue weighted by molar-refractivity contribution is 0.417. The van der Waals surface area contributed by atoms with Crippen LogP contribution in [-0.2, 0) is 6.42 Å². The molecule has 5 nitrogen and oxygen atoms in total. The van der Waals surface area contributed by atoms with E-state index in [2.05, 4.69) is 15.3 Å². The predicted molar refractivity (Wildman–Crippen MR) is 91.7 cm³/mol. The van der Waals surface area contributed by atoms with E-state index in [1.54, 1.807) is 24.5 Å². The first-order valence-corrected chi connectivity index (χ1v) is 8.51. The largest absolute Gasteiger partial charge is 0.495 e. The van der Waals surface area contributed by atoms with Crippen LogP contribution >= 0.6 is 34.3 Å². The van der Waals surface area contributed by atoms with Crippen LogP contribution in [0.1, 0.15) is 10.6 Å². The van der Waals surface area contributed by atoms with Gasteiger partial charge in [-0.15, -0.1) is 11.3 Å². The monoisotopic (exact) mass is 350 g/mol. The SMILES string of the molecule is COc1ccc(Cl)cc1Nc1nc2c(s1)Cc1nc(N)sc1-2. The van der Waals surface area contributed by atoms with Gasteiger partial charge in [0, 0.05) is 16.3 Å². The van der Waals surface area contributed by atoms with E-state index < -0.39 is 0 Å². The smallest absolute Gasteiger partial charge is 0.188 e. The van der Waals surface area contributed by atoms with Crippen LogP contribution in [0, 0.1) is 0 Å². The lowest BCUT2D eigenvalue weighted by Crippen LogP contribution is -1.94. The van der Waals surface area contributed by atoms with Crippen LogP contribution in [-0.4, -0.2) is 17.1 Å². The van der Waals surface area contributed by atoms with Gasteiger partial charge in [0.25, 0.3) is 0 Å². The summed E-state index contributed by atoms with van der Waals surface area (Å²) in [5, 5.41) is 5.33. The number of hydrogen-bond donors (Lipinski definition) is 2. The maximum Gasteiger partial charge on any atom is 0.188 e. The fourth-order valence-corrected chi connectivity index (χ4v) is 4.51. The molecule has 0 radical (unpaired) electrons. The summed E-state index contributed by atoms with van der Waals surface area (Å²) in [5.74, 6) is 0.725. The number of nitrogens with two attached hydrogens (primary N) is 1. The van der Waals surface area contributed by atoms with E-state index in [0.29, 0.717) is 10.2 Å². The Bertz CT molecular complexity index is 874. The standard InChI is InChI=1S/C14H11ClN4OS2/c1-20-9-3-2-6(15)4-7(9)18-14-19-11-10(21-14)5-8-12(11)22-13(16)17-8/h2-4H,5H2,1H3,(H2,16,17)(H,18,19). The second-order valence-electron chi connectivity index (χ2n) is 4.77. The van der Waals surface area contributed by atoms with Gasteiger partial charge in [0.15, 0.2) is 10.3 Å². The Balaban J connectivity index is 1.68. The second-order valence-corrected chi connectivity index (χ2v) is 7.32. The van der Waals surface area contributed by atoms with E-state index in [1.165, 1.54) is 16.2 Å². The third-order valence-corrected chi connectivity index (χ3v) is 5.50. The molecule has 8 heteroatoms. The van der Waals surface area contributed by atoms with Crippen molar-refractivity contribution >= 4 is 50.2 Å². The summed E-state index contributed by atoms with van der Waals surface area (Å²) in [4.78, 5) is 11.3. The molecule has 0 saturated carbocycles. The number of nitrogens with one attached hydrogen (secondary N) is 1. The Labute approximate surface area is 139 Å². The number of hydrogen-bond acceptors (Lipinski definition) is 7. The Kier molecular flexibility index (Phi) is 3.21. The van der Waals surface area contributed by atoms with Crippen LogP contribution in [0.15, 0.2) is 18.2 Å². The number of methoxy groups -OCH3 is 1. The minimum atomic E-state index is 0.592. The molecule has 0 bridgehead atoms. The molecule has 0 aliphatic heterocycles. The number of ether oxygens (including phenoxy) is 1. The third-order valence-electron chi connectivity index (χ3n) is 3.36. The average Bonchev–Trinajstić information content (AvgIpc) is 3.09. The average molecular weight is 351 g/mol. The molecule has 0 atom stereocenters. The van der Waals surface area contributed by atoms with E-state index in [0.717, 1.165) is 39.3 Å². The first-order chi connectivity index (χ1) is 10.6. The summed E-state index contributed by atoms with van der Waals surface area (Å²) in [6.45, 7) is 0. The second kappa shape index (κ2) is 5.12. The summed E-state index contributed by atoms with van der Waals surface area (Å²) in [6, 6.07) is 5.44. The molecule has 1 aliphatic rings. The minimum absolute atomic E-state index is 0.592. The molecular formula is C14H11ClN4OS2. The van der Waals surface area contributed by atoms with E-state index in [9.17, 15) is 0 Å². The van der Waals surface area contributed by atoms with Crippen LogP contribution in [0.4, 0.5) is 16.0 Å². The van der Waals surface area contributed by atoms with Gasteiger partial charge in [-0.1, -0.05) is 22.9 Å². The molecule has 22 heavy (non-hydrogen) atoms. The quantitative estimate of drug-likeness (QED) is 0.580. The van der Waals surface area contributed by atoms with Gasteiger partial charge in [0.05, 0.1) is 29.1 Å². The van der Waals surface area contributed by atoms with Gasteiger partial charge in [0.2, 0.25) is 0 Å². The molecule has 112 valence electrons. The number of rotatable bonds is 3. The van der Waals surface area contributed by atoms with Crippen molar-refractivity contribution in [2.45, 2.75) is 6.42 Å². The van der Waals surface area contributed by atoms with Crippen molar-refractivity contribution in [1.82, 2.24) is 9.97 Å². The zero-order chi connectivity index (χ0) is 15.3. The van der Waals surface area contributed by atoms with Crippen LogP contribution in [0.3, 0.4) is 0 Å². The fourth-order valence-electron chi connectivity index (χ4n) is 2.42. The van der Waals surface area contributed by atoms with Crippen molar-refractivity contribution in [3.05, 3.63) is 33.8 Å². The highest BCUT2D eigenvalue weighted by molar-refractivity contribution is 7.20.